The van der Waals surface area contributed by atoms with Crippen LogP contribution in [0, 0.1) is 0 Å². The Bertz CT molecular complexity index is 648. The van der Waals surface area contributed by atoms with Gasteiger partial charge in [0, 0.05) is 24.9 Å². The summed E-state index contributed by atoms with van der Waals surface area (Å²) in [4.78, 5) is 14.6. The van der Waals surface area contributed by atoms with E-state index in [0.717, 1.165) is 37.3 Å². The standard InChI is InChI=1S/C19H24N2O2/c1-14(2)18-13-16(20-23-18)17-9-6-12-21(17)19(22)11-10-15-7-4-3-5-8-15/h3-5,7-8,13-14,17H,6,9-12H2,1-2H3. The highest BCUT2D eigenvalue weighted by molar-refractivity contribution is 5.77. The van der Waals surface area contributed by atoms with Crippen molar-refractivity contribution < 1.29 is 9.32 Å². The molecular formula is C19H24N2O2. The molecule has 23 heavy (non-hydrogen) atoms. The summed E-state index contributed by atoms with van der Waals surface area (Å²) in [6.07, 6.45) is 3.35. The van der Waals surface area contributed by atoms with Crippen LogP contribution in [-0.4, -0.2) is 22.5 Å². The van der Waals surface area contributed by atoms with Gasteiger partial charge in [-0.3, -0.25) is 4.79 Å². The lowest BCUT2D eigenvalue weighted by atomic mass is 10.1. The topological polar surface area (TPSA) is 46.3 Å². The van der Waals surface area contributed by atoms with Crippen LogP contribution in [0.5, 0.6) is 0 Å². The third-order valence-corrected chi connectivity index (χ3v) is 4.50. The van der Waals surface area contributed by atoms with E-state index in [4.69, 9.17) is 4.52 Å². The molecule has 0 radical (unpaired) electrons. The number of rotatable bonds is 5. The summed E-state index contributed by atoms with van der Waals surface area (Å²) in [7, 11) is 0. The number of hydrogen-bond donors (Lipinski definition) is 0. The fourth-order valence-electron chi connectivity index (χ4n) is 3.15. The summed E-state index contributed by atoms with van der Waals surface area (Å²) >= 11 is 0. The van der Waals surface area contributed by atoms with Crippen molar-refractivity contribution in [3.8, 4) is 0 Å². The molecule has 1 unspecified atom stereocenters. The summed E-state index contributed by atoms with van der Waals surface area (Å²) in [5.74, 6) is 1.42. The zero-order chi connectivity index (χ0) is 16.2. The first kappa shape index (κ1) is 15.8. The zero-order valence-corrected chi connectivity index (χ0v) is 13.9. The van der Waals surface area contributed by atoms with Crippen LogP contribution in [0.25, 0.3) is 0 Å². The van der Waals surface area contributed by atoms with Crippen LogP contribution in [0.15, 0.2) is 40.9 Å². The number of hydrogen-bond acceptors (Lipinski definition) is 3. The Labute approximate surface area is 137 Å². The lowest BCUT2D eigenvalue weighted by Gasteiger charge is -2.23. The average molecular weight is 312 g/mol. The van der Waals surface area contributed by atoms with Crippen molar-refractivity contribution in [2.24, 2.45) is 0 Å². The summed E-state index contributed by atoms with van der Waals surface area (Å²) in [6.45, 7) is 4.99. The lowest BCUT2D eigenvalue weighted by molar-refractivity contribution is -0.132. The van der Waals surface area contributed by atoms with Gasteiger partial charge in [-0.05, 0) is 24.8 Å². The molecule has 122 valence electrons. The molecule has 2 aromatic rings. The Hall–Kier alpha value is -2.10. The van der Waals surface area contributed by atoms with Crippen molar-refractivity contribution in [3.63, 3.8) is 0 Å². The van der Waals surface area contributed by atoms with Gasteiger partial charge in [0.2, 0.25) is 5.91 Å². The molecule has 1 fully saturated rings. The van der Waals surface area contributed by atoms with Crippen molar-refractivity contribution in [3.05, 3.63) is 53.4 Å². The first-order chi connectivity index (χ1) is 11.1. The number of nitrogens with zero attached hydrogens (tertiary/aromatic N) is 2. The fraction of sp³-hybridized carbons (Fsp3) is 0.474. The molecule has 1 atom stereocenters. The van der Waals surface area contributed by atoms with Crippen LogP contribution in [0.2, 0.25) is 0 Å². The quantitative estimate of drug-likeness (QED) is 0.835. The Kier molecular flexibility index (Phi) is 4.79. The van der Waals surface area contributed by atoms with Crippen molar-refractivity contribution in [1.29, 1.82) is 0 Å². The first-order valence-electron chi connectivity index (χ1n) is 8.45. The minimum absolute atomic E-state index is 0.0783. The van der Waals surface area contributed by atoms with E-state index in [2.05, 4.69) is 31.1 Å². The van der Waals surface area contributed by atoms with E-state index in [0.29, 0.717) is 12.3 Å². The van der Waals surface area contributed by atoms with Gasteiger partial charge < -0.3 is 9.42 Å². The van der Waals surface area contributed by atoms with Crippen LogP contribution in [-0.2, 0) is 11.2 Å². The van der Waals surface area contributed by atoms with Crippen LogP contribution >= 0.6 is 0 Å². The van der Waals surface area contributed by atoms with Gasteiger partial charge in [-0.2, -0.15) is 0 Å². The largest absolute Gasteiger partial charge is 0.361 e. The number of carbonyl (C=O) groups excluding carboxylic acids is 1. The molecule has 4 heteroatoms. The maximum Gasteiger partial charge on any atom is 0.223 e. The Morgan fingerprint density at radius 2 is 2.13 bits per heavy atom. The molecule has 0 N–H and O–H groups in total. The monoisotopic (exact) mass is 312 g/mol. The van der Waals surface area contributed by atoms with Gasteiger partial charge in [0.25, 0.3) is 0 Å². The van der Waals surface area contributed by atoms with Gasteiger partial charge in [0.05, 0.1) is 6.04 Å². The van der Waals surface area contributed by atoms with Crippen LogP contribution in [0.3, 0.4) is 0 Å². The summed E-state index contributed by atoms with van der Waals surface area (Å²) in [6, 6.07) is 12.3. The van der Waals surface area contributed by atoms with Crippen molar-refractivity contribution in [2.45, 2.75) is 51.5 Å². The minimum Gasteiger partial charge on any atom is -0.361 e. The Morgan fingerprint density at radius 1 is 1.35 bits per heavy atom. The van der Waals surface area contributed by atoms with Crippen molar-refractivity contribution >= 4 is 5.91 Å². The molecule has 0 aliphatic carbocycles. The number of benzene rings is 1. The second kappa shape index (κ2) is 6.99. The first-order valence-corrected chi connectivity index (χ1v) is 8.45. The molecule has 3 rings (SSSR count). The maximum atomic E-state index is 12.6. The molecule has 1 saturated heterocycles. The van der Waals surface area contributed by atoms with Gasteiger partial charge in [-0.15, -0.1) is 0 Å². The van der Waals surface area contributed by atoms with Gasteiger partial charge >= 0.3 is 0 Å². The highest BCUT2D eigenvalue weighted by atomic mass is 16.5. The zero-order valence-electron chi connectivity index (χ0n) is 13.9. The molecule has 4 nitrogen and oxygen atoms in total. The van der Waals surface area contributed by atoms with Crippen LogP contribution < -0.4 is 0 Å². The maximum absolute atomic E-state index is 12.6. The highest BCUT2D eigenvalue weighted by Gasteiger charge is 2.32. The minimum atomic E-state index is 0.0783. The number of carbonyl (C=O) groups is 1. The third-order valence-electron chi connectivity index (χ3n) is 4.50. The van der Waals surface area contributed by atoms with Gasteiger partial charge in [-0.1, -0.05) is 49.3 Å². The molecular weight excluding hydrogens is 288 g/mol. The molecule has 1 aromatic heterocycles. The van der Waals surface area contributed by atoms with Crippen LogP contribution in [0.1, 0.15) is 62.1 Å². The Morgan fingerprint density at radius 3 is 2.83 bits per heavy atom. The SMILES string of the molecule is CC(C)c1cc(C2CCCN2C(=O)CCc2ccccc2)no1. The smallest absolute Gasteiger partial charge is 0.223 e. The Balaban J connectivity index is 1.64. The van der Waals surface area contributed by atoms with E-state index in [1.165, 1.54) is 5.56 Å². The molecule has 1 amide bonds. The number of aryl methyl sites for hydroxylation is 1. The van der Waals surface area contributed by atoms with Crippen molar-refractivity contribution in [1.82, 2.24) is 10.1 Å². The molecule has 1 aliphatic rings. The van der Waals surface area contributed by atoms with Crippen LogP contribution in [0.4, 0.5) is 0 Å². The molecule has 1 aliphatic heterocycles. The molecule has 0 saturated carbocycles. The van der Waals surface area contributed by atoms with Crippen molar-refractivity contribution in [2.75, 3.05) is 6.54 Å². The number of likely N-dealkylation sites (tertiary alicyclic amines) is 1. The van der Waals surface area contributed by atoms with Gasteiger partial charge in [0.1, 0.15) is 11.5 Å². The second-order valence-corrected chi connectivity index (χ2v) is 6.54. The molecule has 1 aromatic carbocycles. The summed E-state index contributed by atoms with van der Waals surface area (Å²) in [5, 5.41) is 4.20. The third kappa shape index (κ3) is 3.63. The molecule has 0 spiro atoms. The molecule has 0 bridgehead atoms. The van der Waals surface area contributed by atoms with E-state index in [-0.39, 0.29) is 11.9 Å². The molecule has 2 heterocycles. The predicted molar refractivity (Wildman–Crippen MR) is 89.0 cm³/mol. The van der Waals surface area contributed by atoms with Gasteiger partial charge in [-0.25, -0.2) is 0 Å². The van der Waals surface area contributed by atoms with E-state index < -0.39 is 0 Å². The number of amides is 1. The normalized spacial score (nSPS) is 17.9. The van der Waals surface area contributed by atoms with E-state index >= 15 is 0 Å². The van der Waals surface area contributed by atoms with E-state index in [1.54, 1.807) is 0 Å². The summed E-state index contributed by atoms with van der Waals surface area (Å²) in [5.41, 5.74) is 2.11. The van der Waals surface area contributed by atoms with E-state index in [9.17, 15) is 4.79 Å². The predicted octanol–water partition coefficient (Wildman–Crippen LogP) is 4.09. The van der Waals surface area contributed by atoms with E-state index in [1.807, 2.05) is 29.2 Å². The summed E-state index contributed by atoms with van der Waals surface area (Å²) < 4.78 is 5.41. The number of aromatic nitrogens is 1. The second-order valence-electron chi connectivity index (χ2n) is 6.54. The lowest BCUT2D eigenvalue weighted by Crippen LogP contribution is -2.30. The highest BCUT2D eigenvalue weighted by Crippen LogP contribution is 2.33. The van der Waals surface area contributed by atoms with Gasteiger partial charge in [0.15, 0.2) is 0 Å². The average Bonchev–Trinajstić information content (AvgIpc) is 3.22. The fourth-order valence-corrected chi connectivity index (χ4v) is 3.15.